The van der Waals surface area contributed by atoms with Crippen molar-refractivity contribution in [3.8, 4) is 0 Å². The smallest absolute Gasteiger partial charge is 0.255 e. The average Bonchev–Trinajstić information content (AvgIpc) is 2.38. The molecule has 0 saturated carbocycles. The van der Waals surface area contributed by atoms with Crippen molar-refractivity contribution in [2.45, 2.75) is 25.3 Å². The van der Waals surface area contributed by atoms with Gasteiger partial charge in [-0.1, -0.05) is 0 Å². The van der Waals surface area contributed by atoms with Crippen LogP contribution in [0.15, 0.2) is 22.9 Å². The normalized spacial score (nSPS) is 20.4. The minimum atomic E-state index is 0.0316. The lowest BCUT2D eigenvalue weighted by atomic mass is 10.0. The maximum absolute atomic E-state index is 12.3. The first-order valence-corrected chi connectivity index (χ1v) is 7.02. The molecule has 1 aromatic heterocycles. The molecule has 1 aliphatic heterocycles. The second-order valence-corrected chi connectivity index (χ2v) is 5.42. The molecule has 1 unspecified atom stereocenters. The van der Waals surface area contributed by atoms with E-state index in [-0.39, 0.29) is 11.9 Å². The molecule has 92 valence electrons. The topological polar surface area (TPSA) is 33.2 Å². The van der Waals surface area contributed by atoms with Crippen LogP contribution in [0.3, 0.4) is 0 Å². The van der Waals surface area contributed by atoms with Crippen LogP contribution < -0.4 is 0 Å². The molecule has 0 spiro atoms. The second-order valence-electron chi connectivity index (χ2n) is 4.19. The quantitative estimate of drug-likeness (QED) is 0.785. The van der Waals surface area contributed by atoms with Gasteiger partial charge in [0.1, 0.15) is 0 Å². The molecule has 5 heteroatoms. The molecule has 1 fully saturated rings. The van der Waals surface area contributed by atoms with Gasteiger partial charge < -0.3 is 4.90 Å². The Morgan fingerprint density at radius 3 is 3.06 bits per heavy atom. The number of piperidine rings is 1. The third kappa shape index (κ3) is 2.99. The van der Waals surface area contributed by atoms with E-state index in [2.05, 4.69) is 20.9 Å². The van der Waals surface area contributed by atoms with Crippen molar-refractivity contribution in [1.29, 1.82) is 0 Å². The number of halogens is 2. The van der Waals surface area contributed by atoms with Crippen LogP contribution in [-0.2, 0) is 0 Å². The van der Waals surface area contributed by atoms with Crippen molar-refractivity contribution in [2.24, 2.45) is 0 Å². The summed E-state index contributed by atoms with van der Waals surface area (Å²) in [5.74, 6) is 0.539. The van der Waals surface area contributed by atoms with E-state index in [0.29, 0.717) is 11.4 Å². The minimum absolute atomic E-state index is 0.0316. The Kier molecular flexibility index (Phi) is 4.40. The van der Waals surface area contributed by atoms with Crippen LogP contribution in [0.1, 0.15) is 29.6 Å². The van der Waals surface area contributed by atoms with Gasteiger partial charge in [0.05, 0.1) is 5.56 Å². The van der Waals surface area contributed by atoms with Gasteiger partial charge in [-0.05, 0) is 41.3 Å². The van der Waals surface area contributed by atoms with Gasteiger partial charge in [-0.15, -0.1) is 11.6 Å². The molecule has 1 aliphatic rings. The van der Waals surface area contributed by atoms with Crippen molar-refractivity contribution in [2.75, 3.05) is 12.4 Å². The van der Waals surface area contributed by atoms with E-state index in [4.69, 9.17) is 11.6 Å². The Balaban J connectivity index is 2.18. The summed E-state index contributed by atoms with van der Waals surface area (Å²) in [7, 11) is 0. The second kappa shape index (κ2) is 5.83. The predicted octanol–water partition coefficient (Wildman–Crippen LogP) is 3.08. The summed E-state index contributed by atoms with van der Waals surface area (Å²) >= 11 is 9.25. The number of carbonyl (C=O) groups is 1. The van der Waals surface area contributed by atoms with Crippen molar-refractivity contribution >= 4 is 33.4 Å². The first-order chi connectivity index (χ1) is 8.22. The number of rotatable bonds is 2. The highest BCUT2D eigenvalue weighted by Crippen LogP contribution is 2.21. The van der Waals surface area contributed by atoms with Gasteiger partial charge in [0.2, 0.25) is 0 Å². The largest absolute Gasteiger partial charge is 0.334 e. The van der Waals surface area contributed by atoms with E-state index in [1.807, 2.05) is 4.90 Å². The highest BCUT2D eigenvalue weighted by molar-refractivity contribution is 9.10. The summed E-state index contributed by atoms with van der Waals surface area (Å²) in [5.41, 5.74) is 0.622. The molecule has 2 rings (SSSR count). The first kappa shape index (κ1) is 12.8. The van der Waals surface area contributed by atoms with E-state index in [0.717, 1.165) is 30.3 Å². The van der Waals surface area contributed by atoms with E-state index < -0.39 is 0 Å². The molecule has 17 heavy (non-hydrogen) atoms. The van der Waals surface area contributed by atoms with Crippen LogP contribution in [0.4, 0.5) is 0 Å². The average molecular weight is 318 g/mol. The van der Waals surface area contributed by atoms with E-state index in [1.54, 1.807) is 18.5 Å². The van der Waals surface area contributed by atoms with E-state index in [1.165, 1.54) is 0 Å². The summed E-state index contributed by atoms with van der Waals surface area (Å²) in [5, 5.41) is 0. The number of carbonyl (C=O) groups excluding carboxylic acids is 1. The van der Waals surface area contributed by atoms with Crippen molar-refractivity contribution in [3.05, 3.63) is 28.5 Å². The molecule has 1 saturated heterocycles. The fourth-order valence-electron chi connectivity index (χ4n) is 2.12. The zero-order chi connectivity index (χ0) is 12.3. The van der Waals surface area contributed by atoms with Crippen LogP contribution in [0.2, 0.25) is 0 Å². The lowest BCUT2D eigenvalue weighted by Crippen LogP contribution is -2.44. The van der Waals surface area contributed by atoms with Crippen LogP contribution in [0, 0.1) is 0 Å². The predicted molar refractivity (Wildman–Crippen MR) is 71.3 cm³/mol. The van der Waals surface area contributed by atoms with E-state index in [9.17, 15) is 4.79 Å². The monoisotopic (exact) mass is 316 g/mol. The molecule has 1 aromatic rings. The number of nitrogens with zero attached hydrogens (tertiary/aromatic N) is 2. The molecular formula is C12H14BrClN2O. The van der Waals surface area contributed by atoms with Crippen molar-refractivity contribution in [1.82, 2.24) is 9.88 Å². The van der Waals surface area contributed by atoms with Gasteiger partial charge in [-0.2, -0.15) is 0 Å². The van der Waals surface area contributed by atoms with Crippen LogP contribution in [-0.4, -0.2) is 34.3 Å². The molecule has 1 atom stereocenters. The number of amides is 1. The number of hydrogen-bond donors (Lipinski definition) is 0. The highest BCUT2D eigenvalue weighted by atomic mass is 79.9. The number of aromatic nitrogens is 1. The van der Waals surface area contributed by atoms with E-state index >= 15 is 0 Å². The summed E-state index contributed by atoms with van der Waals surface area (Å²) in [6.07, 6.45) is 6.48. The molecular weight excluding hydrogens is 304 g/mol. The third-order valence-corrected chi connectivity index (χ3v) is 3.81. The Labute approximate surface area is 114 Å². The third-order valence-electron chi connectivity index (χ3n) is 3.02. The maximum atomic E-state index is 12.3. The Morgan fingerprint density at radius 1 is 1.53 bits per heavy atom. The molecule has 0 bridgehead atoms. The van der Waals surface area contributed by atoms with Gasteiger partial charge in [0.15, 0.2) is 0 Å². The number of pyridine rings is 1. The lowest BCUT2D eigenvalue weighted by molar-refractivity contribution is 0.0638. The van der Waals surface area contributed by atoms with Gasteiger partial charge in [-0.25, -0.2) is 0 Å². The lowest BCUT2D eigenvalue weighted by Gasteiger charge is -2.34. The summed E-state index contributed by atoms with van der Waals surface area (Å²) in [6.45, 7) is 0.794. The number of alkyl halides is 1. The summed E-state index contributed by atoms with van der Waals surface area (Å²) in [4.78, 5) is 18.2. The van der Waals surface area contributed by atoms with Crippen LogP contribution >= 0.6 is 27.5 Å². The fraction of sp³-hybridized carbons (Fsp3) is 0.500. The Morgan fingerprint density at radius 2 is 2.35 bits per heavy atom. The minimum Gasteiger partial charge on any atom is -0.334 e. The molecule has 0 radical (unpaired) electrons. The summed E-state index contributed by atoms with van der Waals surface area (Å²) in [6, 6.07) is 1.96. The number of likely N-dealkylation sites (tertiary alicyclic amines) is 1. The number of hydrogen-bond acceptors (Lipinski definition) is 2. The molecule has 0 aliphatic carbocycles. The zero-order valence-electron chi connectivity index (χ0n) is 9.40. The SMILES string of the molecule is O=C(c1cncc(Br)c1)N1CCCCC1CCl. The molecule has 0 aromatic carbocycles. The Hall–Kier alpha value is -0.610. The Bertz CT molecular complexity index is 413. The first-order valence-electron chi connectivity index (χ1n) is 5.70. The van der Waals surface area contributed by atoms with Crippen molar-refractivity contribution in [3.63, 3.8) is 0 Å². The maximum Gasteiger partial charge on any atom is 0.255 e. The van der Waals surface area contributed by atoms with Crippen molar-refractivity contribution < 1.29 is 4.79 Å². The highest BCUT2D eigenvalue weighted by Gasteiger charge is 2.26. The van der Waals surface area contributed by atoms with Gasteiger partial charge in [-0.3, -0.25) is 9.78 Å². The molecule has 0 N–H and O–H groups in total. The molecule has 1 amide bonds. The fourth-order valence-corrected chi connectivity index (χ4v) is 2.81. The van der Waals surface area contributed by atoms with Gasteiger partial charge >= 0.3 is 0 Å². The molecule has 2 heterocycles. The van der Waals surface area contributed by atoms with Gasteiger partial charge in [0.25, 0.3) is 5.91 Å². The standard InChI is InChI=1S/C12H14BrClN2O/c13-10-5-9(7-15-8-10)12(17)16-4-2-1-3-11(16)6-14/h5,7-8,11H,1-4,6H2. The molecule has 3 nitrogen and oxygen atoms in total. The van der Waals surface area contributed by atoms with Crippen LogP contribution in [0.5, 0.6) is 0 Å². The zero-order valence-corrected chi connectivity index (χ0v) is 11.7. The van der Waals surface area contributed by atoms with Gasteiger partial charge in [0, 0.05) is 35.3 Å². The van der Waals surface area contributed by atoms with Crippen LogP contribution in [0.25, 0.3) is 0 Å². The summed E-state index contributed by atoms with van der Waals surface area (Å²) < 4.78 is 0.822.